The molecule has 2 heterocycles. The molecule has 0 spiro atoms. The quantitative estimate of drug-likeness (QED) is 0.806. The fraction of sp³-hybridized carbons (Fsp3) is 0.600. The van der Waals surface area contributed by atoms with Crippen molar-refractivity contribution in [3.8, 4) is 0 Å². The molecule has 7 nitrogen and oxygen atoms in total. The number of amides is 2. The Bertz CT molecular complexity index is 547. The van der Waals surface area contributed by atoms with Crippen molar-refractivity contribution in [2.45, 2.75) is 25.9 Å². The number of ether oxygens (including phenoxy) is 1. The van der Waals surface area contributed by atoms with E-state index in [0.29, 0.717) is 38.2 Å². The molecule has 2 amide bonds. The summed E-state index contributed by atoms with van der Waals surface area (Å²) in [7, 11) is 3.47. The first-order valence-corrected chi connectivity index (χ1v) is 7.35. The van der Waals surface area contributed by atoms with Crippen LogP contribution in [0, 0.1) is 0 Å². The molecule has 1 aromatic heterocycles. The minimum absolute atomic E-state index is 0.0361. The van der Waals surface area contributed by atoms with E-state index in [1.165, 1.54) is 0 Å². The van der Waals surface area contributed by atoms with Crippen LogP contribution in [0.4, 0.5) is 0 Å². The maximum absolute atomic E-state index is 11.6. The lowest BCUT2D eigenvalue weighted by Crippen LogP contribution is -2.41. The second-order valence-corrected chi connectivity index (χ2v) is 5.55. The molecule has 1 aromatic rings. The van der Waals surface area contributed by atoms with Gasteiger partial charge in [-0.3, -0.25) is 19.6 Å². The summed E-state index contributed by atoms with van der Waals surface area (Å²) < 4.78 is 5.69. The molecule has 1 aliphatic heterocycles. The maximum Gasteiger partial charge on any atom is 0.222 e. The molecule has 1 fully saturated rings. The van der Waals surface area contributed by atoms with Gasteiger partial charge in [-0.25, -0.2) is 0 Å². The summed E-state index contributed by atoms with van der Waals surface area (Å²) in [6.07, 6.45) is 4.01. The number of hydrogen-bond donors (Lipinski definition) is 0. The predicted octanol–water partition coefficient (Wildman–Crippen LogP) is 0.417. The van der Waals surface area contributed by atoms with Crippen LogP contribution in [0.2, 0.25) is 0 Å². The Hall–Kier alpha value is -2.02. The van der Waals surface area contributed by atoms with Crippen LogP contribution < -0.4 is 0 Å². The number of morpholine rings is 1. The van der Waals surface area contributed by atoms with Gasteiger partial charge in [-0.05, 0) is 6.42 Å². The first-order chi connectivity index (χ1) is 10.5. The molecular weight excluding hydrogens is 284 g/mol. The van der Waals surface area contributed by atoms with Crippen molar-refractivity contribution < 1.29 is 14.3 Å². The Morgan fingerprint density at radius 1 is 1.41 bits per heavy atom. The first-order valence-electron chi connectivity index (χ1n) is 7.35. The van der Waals surface area contributed by atoms with E-state index in [-0.39, 0.29) is 17.9 Å². The molecule has 0 saturated carbocycles. The standard InChI is InChI=1S/C15H22N4O3/c1-11(20)19-6-7-22-14(10-19)13-9-16-8-12(17-13)4-5-15(21)18(2)3/h8-9,14H,4-7,10H2,1-3H3. The lowest BCUT2D eigenvalue weighted by molar-refractivity contribution is -0.136. The van der Waals surface area contributed by atoms with Crippen LogP contribution in [0.1, 0.15) is 30.8 Å². The highest BCUT2D eigenvalue weighted by molar-refractivity contribution is 5.75. The summed E-state index contributed by atoms with van der Waals surface area (Å²) in [6, 6.07) is 0. The zero-order chi connectivity index (χ0) is 16.1. The maximum atomic E-state index is 11.6. The molecule has 2 rings (SSSR count). The van der Waals surface area contributed by atoms with E-state index in [0.717, 1.165) is 5.69 Å². The van der Waals surface area contributed by atoms with Crippen LogP contribution in [0.15, 0.2) is 12.4 Å². The summed E-state index contributed by atoms with van der Waals surface area (Å²) in [4.78, 5) is 35.1. The molecular formula is C15H22N4O3. The van der Waals surface area contributed by atoms with Crippen molar-refractivity contribution in [3.05, 3.63) is 23.8 Å². The van der Waals surface area contributed by atoms with Gasteiger partial charge in [0.2, 0.25) is 11.8 Å². The summed E-state index contributed by atoms with van der Waals surface area (Å²) in [6.45, 7) is 3.15. The van der Waals surface area contributed by atoms with Crippen molar-refractivity contribution in [1.29, 1.82) is 0 Å². The lowest BCUT2D eigenvalue weighted by Gasteiger charge is -2.31. The van der Waals surface area contributed by atoms with Gasteiger partial charge in [0.15, 0.2) is 0 Å². The van der Waals surface area contributed by atoms with E-state index < -0.39 is 0 Å². The summed E-state index contributed by atoms with van der Waals surface area (Å²) in [5.41, 5.74) is 1.47. The zero-order valence-electron chi connectivity index (χ0n) is 13.3. The minimum atomic E-state index is -0.255. The van der Waals surface area contributed by atoms with E-state index in [4.69, 9.17) is 4.74 Å². The van der Waals surface area contributed by atoms with Crippen molar-refractivity contribution in [3.63, 3.8) is 0 Å². The monoisotopic (exact) mass is 306 g/mol. The highest BCUT2D eigenvalue weighted by Gasteiger charge is 2.25. The van der Waals surface area contributed by atoms with E-state index in [2.05, 4.69) is 9.97 Å². The highest BCUT2D eigenvalue weighted by atomic mass is 16.5. The molecule has 0 radical (unpaired) electrons. The Kier molecular flexibility index (Phi) is 5.43. The van der Waals surface area contributed by atoms with Crippen molar-refractivity contribution in [2.75, 3.05) is 33.8 Å². The summed E-state index contributed by atoms with van der Waals surface area (Å²) in [5.74, 6) is 0.0952. The summed E-state index contributed by atoms with van der Waals surface area (Å²) in [5, 5.41) is 0. The normalized spacial score (nSPS) is 18.1. The van der Waals surface area contributed by atoms with Gasteiger partial charge >= 0.3 is 0 Å². The molecule has 0 aromatic carbocycles. The van der Waals surface area contributed by atoms with Crippen molar-refractivity contribution in [1.82, 2.24) is 19.8 Å². The predicted molar refractivity (Wildman–Crippen MR) is 80.0 cm³/mol. The third-order valence-corrected chi connectivity index (χ3v) is 3.64. The number of carbonyl (C=O) groups is 2. The van der Waals surface area contributed by atoms with Gasteiger partial charge in [0.1, 0.15) is 6.10 Å². The molecule has 1 aliphatic rings. The second-order valence-electron chi connectivity index (χ2n) is 5.55. The van der Waals surface area contributed by atoms with Crippen LogP contribution in [-0.2, 0) is 20.7 Å². The Morgan fingerprint density at radius 2 is 2.18 bits per heavy atom. The van der Waals surface area contributed by atoms with E-state index >= 15 is 0 Å². The molecule has 1 saturated heterocycles. The van der Waals surface area contributed by atoms with Crippen LogP contribution in [0.3, 0.4) is 0 Å². The highest BCUT2D eigenvalue weighted by Crippen LogP contribution is 2.20. The average molecular weight is 306 g/mol. The van der Waals surface area contributed by atoms with E-state index in [1.807, 2.05) is 0 Å². The number of hydrogen-bond acceptors (Lipinski definition) is 5. The number of rotatable bonds is 4. The van der Waals surface area contributed by atoms with E-state index in [1.54, 1.807) is 43.2 Å². The number of carbonyl (C=O) groups excluding carboxylic acids is 2. The van der Waals surface area contributed by atoms with Gasteiger partial charge in [-0.1, -0.05) is 0 Å². The average Bonchev–Trinajstić information content (AvgIpc) is 2.52. The first kappa shape index (κ1) is 16.4. The third-order valence-electron chi connectivity index (χ3n) is 3.64. The Labute approximate surface area is 130 Å². The number of aryl methyl sites for hydroxylation is 1. The zero-order valence-corrected chi connectivity index (χ0v) is 13.3. The third kappa shape index (κ3) is 4.24. The SMILES string of the molecule is CC(=O)N1CCOC(c2cncc(CCC(=O)N(C)C)n2)C1. The number of nitrogens with zero attached hydrogens (tertiary/aromatic N) is 4. The van der Waals surface area contributed by atoms with Gasteiger partial charge in [-0.15, -0.1) is 0 Å². The van der Waals surface area contributed by atoms with Crippen LogP contribution >= 0.6 is 0 Å². The van der Waals surface area contributed by atoms with Crippen LogP contribution in [0.5, 0.6) is 0 Å². The summed E-state index contributed by atoms with van der Waals surface area (Å²) >= 11 is 0. The molecule has 1 atom stereocenters. The van der Waals surface area contributed by atoms with Crippen LogP contribution in [0.25, 0.3) is 0 Å². The van der Waals surface area contributed by atoms with Crippen molar-refractivity contribution in [2.24, 2.45) is 0 Å². The Morgan fingerprint density at radius 3 is 2.86 bits per heavy atom. The molecule has 0 bridgehead atoms. The number of aromatic nitrogens is 2. The van der Waals surface area contributed by atoms with E-state index in [9.17, 15) is 9.59 Å². The van der Waals surface area contributed by atoms with Gasteiger partial charge in [0.05, 0.1) is 30.7 Å². The van der Waals surface area contributed by atoms with Gasteiger partial charge in [-0.2, -0.15) is 0 Å². The topological polar surface area (TPSA) is 75.6 Å². The smallest absolute Gasteiger partial charge is 0.222 e. The Balaban J connectivity index is 2.01. The molecule has 0 N–H and O–H groups in total. The molecule has 22 heavy (non-hydrogen) atoms. The molecule has 120 valence electrons. The largest absolute Gasteiger partial charge is 0.368 e. The second kappa shape index (κ2) is 7.31. The van der Waals surface area contributed by atoms with Crippen LogP contribution in [-0.4, -0.2) is 65.4 Å². The minimum Gasteiger partial charge on any atom is -0.368 e. The van der Waals surface area contributed by atoms with Crippen molar-refractivity contribution >= 4 is 11.8 Å². The van der Waals surface area contributed by atoms with Gasteiger partial charge in [0.25, 0.3) is 0 Å². The molecule has 0 aliphatic carbocycles. The van der Waals surface area contributed by atoms with Gasteiger partial charge in [0, 0.05) is 40.2 Å². The lowest BCUT2D eigenvalue weighted by atomic mass is 10.2. The molecule has 7 heteroatoms. The fourth-order valence-corrected chi connectivity index (χ4v) is 2.27. The fourth-order valence-electron chi connectivity index (χ4n) is 2.27. The van der Waals surface area contributed by atoms with Gasteiger partial charge < -0.3 is 14.5 Å². The molecule has 1 unspecified atom stereocenters.